The summed E-state index contributed by atoms with van der Waals surface area (Å²) in [6, 6.07) is 0. The lowest BCUT2D eigenvalue weighted by Crippen LogP contribution is -1.97. The lowest BCUT2D eigenvalue weighted by molar-refractivity contribution is -0.134. The molecule has 0 spiro atoms. The standard InChI is InChI=1S/C12H20O2/c1-9(7-11(13)14-4)5-6-10-8-12(10,2)3/h7,10H,5-6,8H2,1-4H3/b9-7+. The molecule has 0 aromatic heterocycles. The topological polar surface area (TPSA) is 26.3 Å². The number of rotatable bonds is 4. The van der Waals surface area contributed by atoms with E-state index >= 15 is 0 Å². The Kier molecular flexibility index (Phi) is 3.35. The Hall–Kier alpha value is -0.790. The Morgan fingerprint density at radius 3 is 2.57 bits per heavy atom. The molecule has 0 heterocycles. The Morgan fingerprint density at radius 2 is 2.14 bits per heavy atom. The van der Waals surface area contributed by atoms with E-state index in [4.69, 9.17) is 0 Å². The van der Waals surface area contributed by atoms with Crippen molar-refractivity contribution in [2.75, 3.05) is 7.11 Å². The van der Waals surface area contributed by atoms with E-state index in [1.54, 1.807) is 6.08 Å². The third-order valence-corrected chi connectivity index (χ3v) is 3.17. The van der Waals surface area contributed by atoms with Crippen LogP contribution < -0.4 is 0 Å². The average Bonchev–Trinajstić information content (AvgIpc) is 2.70. The van der Waals surface area contributed by atoms with Crippen LogP contribution in [0.25, 0.3) is 0 Å². The van der Waals surface area contributed by atoms with Crippen LogP contribution in [0, 0.1) is 11.3 Å². The van der Waals surface area contributed by atoms with Crippen LogP contribution in [0.3, 0.4) is 0 Å². The van der Waals surface area contributed by atoms with Gasteiger partial charge in [-0.2, -0.15) is 0 Å². The molecule has 0 radical (unpaired) electrons. The predicted octanol–water partition coefficient (Wildman–Crippen LogP) is 2.93. The van der Waals surface area contributed by atoms with Crippen LogP contribution >= 0.6 is 0 Å². The average molecular weight is 196 g/mol. The van der Waals surface area contributed by atoms with Gasteiger partial charge in [-0.05, 0) is 37.5 Å². The third kappa shape index (κ3) is 3.17. The molecule has 0 aromatic carbocycles. The first-order valence-corrected chi connectivity index (χ1v) is 5.21. The van der Waals surface area contributed by atoms with Crippen molar-refractivity contribution in [3.8, 4) is 0 Å². The summed E-state index contributed by atoms with van der Waals surface area (Å²) in [7, 11) is 1.41. The first-order valence-electron chi connectivity index (χ1n) is 5.21. The van der Waals surface area contributed by atoms with Crippen LogP contribution in [0.1, 0.15) is 40.0 Å². The van der Waals surface area contributed by atoms with Crippen LogP contribution in [0.15, 0.2) is 11.6 Å². The molecular weight excluding hydrogens is 176 g/mol. The lowest BCUT2D eigenvalue weighted by atomic mass is 10.0. The van der Waals surface area contributed by atoms with E-state index in [0.717, 1.165) is 17.9 Å². The molecule has 0 aliphatic heterocycles. The molecule has 0 amide bonds. The predicted molar refractivity (Wildman–Crippen MR) is 56.9 cm³/mol. The van der Waals surface area contributed by atoms with E-state index in [2.05, 4.69) is 18.6 Å². The highest BCUT2D eigenvalue weighted by molar-refractivity contribution is 5.82. The van der Waals surface area contributed by atoms with Crippen molar-refractivity contribution in [1.29, 1.82) is 0 Å². The van der Waals surface area contributed by atoms with Gasteiger partial charge in [-0.25, -0.2) is 4.79 Å². The summed E-state index contributed by atoms with van der Waals surface area (Å²) in [4.78, 5) is 10.9. The first-order chi connectivity index (χ1) is 6.45. The quantitative estimate of drug-likeness (QED) is 0.510. The molecule has 0 saturated heterocycles. The molecule has 0 bridgehead atoms. The molecule has 1 fully saturated rings. The summed E-state index contributed by atoms with van der Waals surface area (Å²) < 4.78 is 4.57. The molecule has 80 valence electrons. The second-order valence-electron chi connectivity index (χ2n) is 4.94. The van der Waals surface area contributed by atoms with E-state index in [1.165, 1.54) is 20.0 Å². The van der Waals surface area contributed by atoms with Crippen molar-refractivity contribution >= 4 is 5.97 Å². The lowest BCUT2D eigenvalue weighted by Gasteiger charge is -2.03. The molecule has 1 rings (SSSR count). The van der Waals surface area contributed by atoms with Crippen LogP contribution in [0.5, 0.6) is 0 Å². The Labute approximate surface area is 86.3 Å². The Balaban J connectivity index is 2.25. The number of carbonyl (C=O) groups excluding carboxylic acids is 1. The minimum Gasteiger partial charge on any atom is -0.466 e. The normalized spacial score (nSPS) is 24.6. The summed E-state index contributed by atoms with van der Waals surface area (Å²) in [5.74, 6) is 0.612. The van der Waals surface area contributed by atoms with Gasteiger partial charge in [0.05, 0.1) is 7.11 Å². The smallest absolute Gasteiger partial charge is 0.330 e. The fraction of sp³-hybridized carbons (Fsp3) is 0.750. The van der Waals surface area contributed by atoms with Gasteiger partial charge in [0.1, 0.15) is 0 Å². The summed E-state index contributed by atoms with van der Waals surface area (Å²) in [6.07, 6.45) is 5.14. The zero-order valence-corrected chi connectivity index (χ0v) is 9.59. The van der Waals surface area contributed by atoms with E-state index in [9.17, 15) is 4.79 Å². The molecule has 1 aliphatic carbocycles. The van der Waals surface area contributed by atoms with Crippen molar-refractivity contribution in [3.63, 3.8) is 0 Å². The molecule has 2 nitrogen and oxygen atoms in total. The summed E-state index contributed by atoms with van der Waals surface area (Å²) in [5.41, 5.74) is 1.67. The SMILES string of the molecule is COC(=O)/C=C(\C)CCC1CC1(C)C. The monoisotopic (exact) mass is 196 g/mol. The van der Waals surface area contributed by atoms with Crippen LogP contribution in [0.4, 0.5) is 0 Å². The third-order valence-electron chi connectivity index (χ3n) is 3.17. The minimum absolute atomic E-state index is 0.238. The number of carbonyl (C=O) groups is 1. The van der Waals surface area contributed by atoms with Crippen molar-refractivity contribution in [2.24, 2.45) is 11.3 Å². The fourth-order valence-corrected chi connectivity index (χ4v) is 1.80. The second kappa shape index (κ2) is 4.16. The molecule has 0 N–H and O–H groups in total. The minimum atomic E-state index is -0.238. The van der Waals surface area contributed by atoms with Crippen molar-refractivity contribution in [1.82, 2.24) is 0 Å². The summed E-state index contributed by atoms with van der Waals surface area (Å²) in [6.45, 7) is 6.60. The van der Waals surface area contributed by atoms with Crippen LogP contribution in [-0.2, 0) is 9.53 Å². The highest BCUT2D eigenvalue weighted by Crippen LogP contribution is 2.54. The number of allylic oxidation sites excluding steroid dienone is 1. The number of methoxy groups -OCH3 is 1. The van der Waals surface area contributed by atoms with E-state index < -0.39 is 0 Å². The van der Waals surface area contributed by atoms with Gasteiger partial charge in [0.25, 0.3) is 0 Å². The highest BCUT2D eigenvalue weighted by Gasteiger charge is 2.44. The molecule has 14 heavy (non-hydrogen) atoms. The zero-order chi connectivity index (χ0) is 10.8. The van der Waals surface area contributed by atoms with E-state index in [-0.39, 0.29) is 5.97 Å². The van der Waals surface area contributed by atoms with Crippen molar-refractivity contribution in [3.05, 3.63) is 11.6 Å². The van der Waals surface area contributed by atoms with Crippen LogP contribution in [-0.4, -0.2) is 13.1 Å². The van der Waals surface area contributed by atoms with Gasteiger partial charge < -0.3 is 4.74 Å². The highest BCUT2D eigenvalue weighted by atomic mass is 16.5. The maximum Gasteiger partial charge on any atom is 0.330 e. The molecular formula is C12H20O2. The molecule has 2 heteroatoms. The largest absolute Gasteiger partial charge is 0.466 e. The van der Waals surface area contributed by atoms with Crippen LogP contribution in [0.2, 0.25) is 0 Å². The molecule has 1 atom stereocenters. The van der Waals surface area contributed by atoms with Gasteiger partial charge >= 0.3 is 5.97 Å². The molecule has 1 aliphatic rings. The van der Waals surface area contributed by atoms with Gasteiger partial charge in [-0.15, -0.1) is 0 Å². The fourth-order valence-electron chi connectivity index (χ4n) is 1.80. The van der Waals surface area contributed by atoms with Gasteiger partial charge in [0.15, 0.2) is 0 Å². The number of hydrogen-bond acceptors (Lipinski definition) is 2. The molecule has 1 saturated carbocycles. The summed E-state index contributed by atoms with van der Waals surface area (Å²) in [5, 5.41) is 0. The Bertz CT molecular complexity index is 251. The van der Waals surface area contributed by atoms with E-state index in [1.807, 2.05) is 6.92 Å². The van der Waals surface area contributed by atoms with Gasteiger partial charge in [0, 0.05) is 6.08 Å². The number of hydrogen-bond donors (Lipinski definition) is 0. The van der Waals surface area contributed by atoms with Crippen molar-refractivity contribution < 1.29 is 9.53 Å². The first kappa shape index (κ1) is 11.3. The maximum absolute atomic E-state index is 10.9. The number of esters is 1. The molecule has 1 unspecified atom stereocenters. The van der Waals surface area contributed by atoms with Gasteiger partial charge in [-0.1, -0.05) is 19.4 Å². The van der Waals surface area contributed by atoms with E-state index in [0.29, 0.717) is 5.41 Å². The zero-order valence-electron chi connectivity index (χ0n) is 9.59. The second-order valence-corrected chi connectivity index (χ2v) is 4.94. The molecule has 0 aromatic rings. The maximum atomic E-state index is 10.9. The number of ether oxygens (including phenoxy) is 1. The van der Waals surface area contributed by atoms with Gasteiger partial charge in [-0.3, -0.25) is 0 Å². The van der Waals surface area contributed by atoms with Crippen molar-refractivity contribution in [2.45, 2.75) is 40.0 Å². The summed E-state index contributed by atoms with van der Waals surface area (Å²) >= 11 is 0. The van der Waals surface area contributed by atoms with Gasteiger partial charge in [0.2, 0.25) is 0 Å². The Morgan fingerprint density at radius 1 is 1.57 bits per heavy atom.